The van der Waals surface area contributed by atoms with Gasteiger partial charge >= 0.3 is 5.97 Å². The van der Waals surface area contributed by atoms with Gasteiger partial charge < -0.3 is 31.9 Å². The number of hydrogen-bond acceptors (Lipinski definition) is 7. The van der Waals surface area contributed by atoms with Crippen LogP contribution in [0.25, 0.3) is 0 Å². The topological polar surface area (TPSA) is 171 Å². The Kier molecular flexibility index (Phi) is 12.5. The average molecular weight is 435 g/mol. The average Bonchev–Trinajstić information content (AvgIpc) is 2.62. The number of carboxylic acid groups (broad SMARTS) is 1. The van der Waals surface area contributed by atoms with E-state index in [9.17, 15) is 24.3 Å². The Morgan fingerprint density at radius 2 is 1.24 bits per heavy atom. The second-order valence-electron chi connectivity index (χ2n) is 7.75. The minimum absolute atomic E-state index is 0.0433. The maximum Gasteiger partial charge on any atom is 0.326 e. The number of nitrogens with one attached hydrogen (secondary N) is 3. The van der Waals surface area contributed by atoms with Crippen molar-refractivity contribution < 1.29 is 29.4 Å². The van der Waals surface area contributed by atoms with Gasteiger partial charge in [-0.2, -0.15) is 12.6 Å². The molecule has 0 aliphatic rings. The Hall–Kier alpha value is -1.85. The maximum atomic E-state index is 12.6. The number of thiol groups is 1. The van der Waals surface area contributed by atoms with Crippen LogP contribution in [0.5, 0.6) is 0 Å². The summed E-state index contributed by atoms with van der Waals surface area (Å²) in [5, 5.41) is 25.6. The number of rotatable bonds is 13. The quantitative estimate of drug-likeness (QED) is 0.180. The summed E-state index contributed by atoms with van der Waals surface area (Å²) in [7, 11) is 0. The zero-order valence-corrected chi connectivity index (χ0v) is 18.2. The molecule has 0 aromatic heterocycles. The second kappa shape index (κ2) is 13.4. The summed E-state index contributed by atoms with van der Waals surface area (Å²) < 4.78 is 0. The summed E-state index contributed by atoms with van der Waals surface area (Å²) in [6.07, 6.45) is 0.515. The minimum atomic E-state index is -1.17. The highest BCUT2D eigenvalue weighted by molar-refractivity contribution is 7.80. The molecule has 0 heterocycles. The highest BCUT2D eigenvalue weighted by Crippen LogP contribution is 2.08. The van der Waals surface area contributed by atoms with E-state index in [-0.39, 0.29) is 30.4 Å². The fraction of sp³-hybridized carbons (Fsp3) is 0.778. The molecule has 10 nitrogen and oxygen atoms in total. The van der Waals surface area contributed by atoms with E-state index in [0.29, 0.717) is 0 Å². The van der Waals surface area contributed by atoms with Crippen molar-refractivity contribution in [2.75, 3.05) is 12.4 Å². The first-order valence-electron chi connectivity index (χ1n) is 9.54. The van der Waals surface area contributed by atoms with Gasteiger partial charge in [0.05, 0.1) is 6.61 Å². The predicted molar refractivity (Wildman–Crippen MR) is 111 cm³/mol. The molecule has 29 heavy (non-hydrogen) atoms. The zero-order chi connectivity index (χ0) is 22.7. The van der Waals surface area contributed by atoms with Gasteiger partial charge in [0.15, 0.2) is 0 Å². The number of aliphatic hydroxyl groups is 1. The van der Waals surface area contributed by atoms with Gasteiger partial charge in [0.2, 0.25) is 17.7 Å². The number of carbonyl (C=O) groups excluding carboxylic acids is 3. The fourth-order valence-corrected chi connectivity index (χ4v) is 2.75. The Labute approximate surface area is 176 Å². The first-order chi connectivity index (χ1) is 13.4. The van der Waals surface area contributed by atoms with Crippen molar-refractivity contribution in [3.05, 3.63) is 0 Å². The third-order valence-electron chi connectivity index (χ3n) is 4.01. The van der Waals surface area contributed by atoms with E-state index in [2.05, 4.69) is 28.6 Å². The molecule has 0 fully saturated rings. The van der Waals surface area contributed by atoms with Crippen molar-refractivity contribution in [2.45, 2.75) is 64.7 Å². The van der Waals surface area contributed by atoms with Crippen molar-refractivity contribution in [3.8, 4) is 0 Å². The van der Waals surface area contributed by atoms with Crippen LogP contribution in [-0.2, 0) is 19.2 Å². The SMILES string of the molecule is CC(C)CC(NC(=O)C(CS)NC(=O)C(CC(C)C)NC(=O)C(N)CO)C(=O)O. The summed E-state index contributed by atoms with van der Waals surface area (Å²) in [6.45, 7) is 6.79. The van der Waals surface area contributed by atoms with Crippen LogP contribution < -0.4 is 21.7 Å². The fourth-order valence-electron chi connectivity index (χ4n) is 2.50. The first-order valence-corrected chi connectivity index (χ1v) is 10.2. The molecule has 0 aliphatic heterocycles. The number of hydrogen-bond donors (Lipinski definition) is 7. The molecular weight excluding hydrogens is 400 g/mol. The molecule has 4 atom stereocenters. The van der Waals surface area contributed by atoms with Crippen molar-refractivity contribution in [1.29, 1.82) is 0 Å². The van der Waals surface area contributed by atoms with Gasteiger partial charge in [-0.05, 0) is 24.7 Å². The van der Waals surface area contributed by atoms with E-state index in [0.717, 1.165) is 0 Å². The zero-order valence-electron chi connectivity index (χ0n) is 17.3. The van der Waals surface area contributed by atoms with Gasteiger partial charge in [-0.25, -0.2) is 4.79 Å². The number of carboxylic acids is 1. The molecule has 0 saturated heterocycles. The third kappa shape index (κ3) is 10.5. The normalized spacial score (nSPS) is 15.3. The molecule has 3 amide bonds. The number of amides is 3. The molecule has 0 radical (unpaired) electrons. The van der Waals surface area contributed by atoms with Crippen LogP contribution in [0, 0.1) is 11.8 Å². The molecule has 168 valence electrons. The van der Waals surface area contributed by atoms with E-state index in [1.807, 2.05) is 27.7 Å². The molecule has 0 aromatic carbocycles. The molecular formula is C18H34N4O6S. The van der Waals surface area contributed by atoms with Crippen molar-refractivity contribution in [2.24, 2.45) is 17.6 Å². The molecule has 0 aliphatic carbocycles. The van der Waals surface area contributed by atoms with E-state index >= 15 is 0 Å². The van der Waals surface area contributed by atoms with Crippen LogP contribution in [0.15, 0.2) is 0 Å². The molecule has 0 bridgehead atoms. The lowest BCUT2D eigenvalue weighted by Crippen LogP contribution is -2.58. The van der Waals surface area contributed by atoms with Crippen LogP contribution in [0.2, 0.25) is 0 Å². The lowest BCUT2D eigenvalue weighted by molar-refractivity contribution is -0.142. The van der Waals surface area contributed by atoms with Gasteiger partial charge in [-0.1, -0.05) is 27.7 Å². The van der Waals surface area contributed by atoms with E-state index < -0.39 is 54.5 Å². The highest BCUT2D eigenvalue weighted by Gasteiger charge is 2.30. The Morgan fingerprint density at radius 3 is 1.66 bits per heavy atom. The maximum absolute atomic E-state index is 12.6. The van der Waals surface area contributed by atoms with Crippen molar-refractivity contribution in [3.63, 3.8) is 0 Å². The molecule has 7 N–H and O–H groups in total. The summed E-state index contributed by atoms with van der Waals surface area (Å²) in [4.78, 5) is 48.4. The third-order valence-corrected chi connectivity index (χ3v) is 4.38. The smallest absolute Gasteiger partial charge is 0.326 e. The van der Waals surface area contributed by atoms with Gasteiger partial charge in [0.1, 0.15) is 24.2 Å². The van der Waals surface area contributed by atoms with Crippen LogP contribution in [0.1, 0.15) is 40.5 Å². The van der Waals surface area contributed by atoms with E-state index in [1.165, 1.54) is 0 Å². The number of aliphatic carboxylic acids is 1. The Balaban J connectivity index is 5.18. The van der Waals surface area contributed by atoms with Crippen LogP contribution >= 0.6 is 12.6 Å². The first kappa shape index (κ1) is 27.1. The molecule has 0 aromatic rings. The summed E-state index contributed by atoms with van der Waals surface area (Å²) in [6, 6.07) is -4.32. The van der Waals surface area contributed by atoms with Gasteiger partial charge in [0.25, 0.3) is 0 Å². The predicted octanol–water partition coefficient (Wildman–Crippen LogP) is -1.13. The van der Waals surface area contributed by atoms with Gasteiger partial charge in [-0.15, -0.1) is 0 Å². The van der Waals surface area contributed by atoms with E-state index in [1.54, 1.807) is 0 Å². The summed E-state index contributed by atoms with van der Waals surface area (Å²) in [5.74, 6) is -3.14. The number of aliphatic hydroxyl groups excluding tert-OH is 1. The molecule has 4 unspecified atom stereocenters. The molecule has 0 rings (SSSR count). The largest absolute Gasteiger partial charge is 0.480 e. The Morgan fingerprint density at radius 1 is 0.828 bits per heavy atom. The van der Waals surface area contributed by atoms with Crippen molar-refractivity contribution in [1.82, 2.24) is 16.0 Å². The number of nitrogens with two attached hydrogens (primary N) is 1. The Bertz CT molecular complexity index is 573. The van der Waals surface area contributed by atoms with E-state index in [4.69, 9.17) is 10.8 Å². The van der Waals surface area contributed by atoms with Crippen molar-refractivity contribution >= 4 is 36.3 Å². The van der Waals surface area contributed by atoms with Crippen LogP contribution in [0.3, 0.4) is 0 Å². The summed E-state index contributed by atoms with van der Waals surface area (Å²) >= 11 is 4.07. The number of carbonyl (C=O) groups is 4. The summed E-state index contributed by atoms with van der Waals surface area (Å²) in [5.41, 5.74) is 5.47. The molecule has 0 spiro atoms. The molecule has 0 saturated carbocycles. The van der Waals surface area contributed by atoms with Crippen LogP contribution in [-0.4, -0.2) is 70.4 Å². The minimum Gasteiger partial charge on any atom is -0.480 e. The monoisotopic (exact) mass is 434 g/mol. The van der Waals surface area contributed by atoms with Gasteiger partial charge in [0, 0.05) is 5.75 Å². The lowest BCUT2D eigenvalue weighted by atomic mass is 10.0. The van der Waals surface area contributed by atoms with Gasteiger partial charge in [-0.3, -0.25) is 14.4 Å². The standard InChI is InChI=1S/C18H34N4O6S/c1-9(2)5-12(20-15(24)11(19)7-23)16(25)22-14(8-29)17(26)21-13(18(27)28)6-10(3)4/h9-14,23,29H,5-8,19H2,1-4H3,(H,20,24)(H,21,26)(H,22,25)(H,27,28). The highest BCUT2D eigenvalue weighted by atomic mass is 32.1. The lowest BCUT2D eigenvalue weighted by Gasteiger charge is -2.25. The van der Waals surface area contributed by atoms with Crippen LogP contribution in [0.4, 0.5) is 0 Å². The second-order valence-corrected chi connectivity index (χ2v) is 8.12. The molecule has 11 heteroatoms.